The summed E-state index contributed by atoms with van der Waals surface area (Å²) < 4.78 is 2.90. The third kappa shape index (κ3) is 4.21. The third-order valence-electron chi connectivity index (χ3n) is 5.01. The molecule has 2 aromatic heterocycles. The molecule has 2 aromatic carbocycles. The molecular weight excluding hydrogens is 394 g/mol. The number of aromatic nitrogens is 3. The van der Waals surface area contributed by atoms with Crippen LogP contribution < -0.4 is 10.2 Å². The maximum absolute atomic E-state index is 12.4. The summed E-state index contributed by atoms with van der Waals surface area (Å²) in [5.74, 6) is -0.0299. The molecule has 4 aromatic rings. The highest BCUT2D eigenvalue weighted by Gasteiger charge is 2.18. The summed E-state index contributed by atoms with van der Waals surface area (Å²) >= 11 is 1.56. The maximum Gasteiger partial charge on any atom is 0.239 e. The molecule has 0 spiro atoms. The Morgan fingerprint density at radius 1 is 1.10 bits per heavy atom. The van der Waals surface area contributed by atoms with Gasteiger partial charge in [-0.3, -0.25) is 4.79 Å². The lowest BCUT2D eigenvalue weighted by Gasteiger charge is -2.15. The van der Waals surface area contributed by atoms with E-state index in [4.69, 9.17) is 4.98 Å². The quantitative estimate of drug-likeness (QED) is 0.490. The molecular formula is C23H25N5OS. The van der Waals surface area contributed by atoms with E-state index in [9.17, 15) is 4.79 Å². The number of nitrogens with zero attached hydrogens (tertiary/aromatic N) is 4. The topological polar surface area (TPSA) is 63.1 Å². The van der Waals surface area contributed by atoms with Gasteiger partial charge in [0.25, 0.3) is 0 Å². The van der Waals surface area contributed by atoms with Crippen LogP contribution in [0.15, 0.2) is 54.6 Å². The molecule has 154 valence electrons. The van der Waals surface area contributed by atoms with E-state index in [0.29, 0.717) is 6.54 Å². The Morgan fingerprint density at radius 2 is 1.80 bits per heavy atom. The molecule has 4 rings (SSSR count). The Hall–Kier alpha value is -3.19. The number of benzene rings is 2. The SMILES string of the molecule is CCc1ccc(CNC(=O)CN(C)c2nc3c(s2)c(C)nn3-c2ccccc2)cc1. The Bertz CT molecular complexity index is 1150. The monoisotopic (exact) mass is 419 g/mol. The highest BCUT2D eigenvalue weighted by atomic mass is 32.1. The van der Waals surface area contributed by atoms with E-state index >= 15 is 0 Å². The second-order valence-corrected chi connectivity index (χ2v) is 8.26. The third-order valence-corrected chi connectivity index (χ3v) is 6.27. The number of nitrogens with one attached hydrogen (secondary N) is 1. The molecule has 0 atom stereocenters. The van der Waals surface area contributed by atoms with Gasteiger partial charge in [0, 0.05) is 13.6 Å². The summed E-state index contributed by atoms with van der Waals surface area (Å²) in [6.45, 7) is 4.90. The lowest BCUT2D eigenvalue weighted by Crippen LogP contribution is -2.34. The molecule has 0 fully saturated rings. The largest absolute Gasteiger partial charge is 0.350 e. The van der Waals surface area contributed by atoms with Gasteiger partial charge in [0.1, 0.15) is 0 Å². The van der Waals surface area contributed by atoms with E-state index in [1.807, 2.05) is 53.9 Å². The molecule has 0 saturated carbocycles. The minimum absolute atomic E-state index is 0.0299. The van der Waals surface area contributed by atoms with Gasteiger partial charge in [-0.15, -0.1) is 0 Å². The zero-order valence-electron chi connectivity index (χ0n) is 17.4. The summed E-state index contributed by atoms with van der Waals surface area (Å²) in [7, 11) is 1.89. The number of thiazole rings is 1. The zero-order chi connectivity index (χ0) is 21.1. The van der Waals surface area contributed by atoms with Gasteiger partial charge in [0.05, 0.1) is 22.6 Å². The average Bonchev–Trinajstić information content (AvgIpc) is 3.34. The van der Waals surface area contributed by atoms with Crippen LogP contribution in [0.1, 0.15) is 23.7 Å². The molecule has 0 bridgehead atoms. The van der Waals surface area contributed by atoms with Crippen LogP contribution in [-0.4, -0.2) is 34.3 Å². The Balaban J connectivity index is 1.44. The van der Waals surface area contributed by atoms with E-state index in [1.54, 1.807) is 11.3 Å². The van der Waals surface area contributed by atoms with Crippen molar-refractivity contribution in [2.75, 3.05) is 18.5 Å². The average molecular weight is 420 g/mol. The number of hydrogen-bond acceptors (Lipinski definition) is 5. The van der Waals surface area contributed by atoms with E-state index in [-0.39, 0.29) is 12.5 Å². The van der Waals surface area contributed by atoms with Crippen LogP contribution in [-0.2, 0) is 17.8 Å². The Morgan fingerprint density at radius 3 is 2.50 bits per heavy atom. The fourth-order valence-corrected chi connectivity index (χ4v) is 4.21. The van der Waals surface area contributed by atoms with Crippen molar-refractivity contribution in [3.05, 3.63) is 71.4 Å². The van der Waals surface area contributed by atoms with Crippen molar-refractivity contribution < 1.29 is 4.79 Å². The number of amides is 1. The van der Waals surface area contributed by atoms with E-state index in [0.717, 1.165) is 38.8 Å². The van der Waals surface area contributed by atoms with Crippen LogP contribution in [0.4, 0.5) is 5.13 Å². The first-order valence-corrected chi connectivity index (χ1v) is 10.8. The fraction of sp³-hybridized carbons (Fsp3) is 0.261. The van der Waals surface area contributed by atoms with E-state index in [2.05, 4.69) is 41.6 Å². The molecule has 0 radical (unpaired) electrons. The molecule has 0 aliphatic carbocycles. The van der Waals surface area contributed by atoms with Gasteiger partial charge in [0.15, 0.2) is 10.8 Å². The molecule has 0 aliphatic rings. The first-order valence-electron chi connectivity index (χ1n) is 10.0. The summed E-state index contributed by atoms with van der Waals surface area (Å²) in [6, 6.07) is 18.3. The van der Waals surface area contributed by atoms with Crippen LogP contribution in [0.3, 0.4) is 0 Å². The molecule has 0 unspecified atom stereocenters. The Kier molecular flexibility index (Phi) is 5.81. The van der Waals surface area contributed by atoms with Crippen molar-refractivity contribution in [2.24, 2.45) is 0 Å². The van der Waals surface area contributed by atoms with Crippen molar-refractivity contribution in [3.8, 4) is 5.69 Å². The predicted molar refractivity (Wildman–Crippen MR) is 122 cm³/mol. The number of likely N-dealkylation sites (N-methyl/N-ethyl adjacent to an activating group) is 1. The normalized spacial score (nSPS) is 11.0. The molecule has 30 heavy (non-hydrogen) atoms. The lowest BCUT2D eigenvalue weighted by molar-refractivity contribution is -0.119. The number of aryl methyl sites for hydroxylation is 2. The molecule has 7 heteroatoms. The molecule has 0 saturated heterocycles. The number of hydrogen-bond donors (Lipinski definition) is 1. The van der Waals surface area contributed by atoms with Gasteiger partial charge in [-0.25, -0.2) is 4.68 Å². The van der Waals surface area contributed by atoms with Crippen molar-refractivity contribution in [1.82, 2.24) is 20.1 Å². The highest BCUT2D eigenvalue weighted by molar-refractivity contribution is 7.22. The number of carbonyl (C=O) groups is 1. The van der Waals surface area contributed by atoms with Gasteiger partial charge >= 0.3 is 0 Å². The molecule has 1 amide bonds. The summed E-state index contributed by atoms with van der Waals surface area (Å²) in [4.78, 5) is 19.1. The van der Waals surface area contributed by atoms with Crippen LogP contribution in [0.25, 0.3) is 16.0 Å². The Labute approximate surface area is 180 Å². The van der Waals surface area contributed by atoms with Crippen molar-refractivity contribution in [2.45, 2.75) is 26.8 Å². The second-order valence-electron chi connectivity index (χ2n) is 7.28. The number of fused-ring (bicyclic) bond motifs is 1. The van der Waals surface area contributed by atoms with E-state index in [1.165, 1.54) is 5.56 Å². The predicted octanol–water partition coefficient (Wildman–Crippen LogP) is 4.11. The molecule has 2 heterocycles. The summed E-state index contributed by atoms with van der Waals surface area (Å²) in [5, 5.41) is 8.42. The standard InChI is InChI=1S/C23H25N5OS/c1-4-17-10-12-18(13-11-17)14-24-20(29)15-27(3)23-25-22-21(30-23)16(2)26-28(22)19-8-6-5-7-9-19/h5-13H,4,14-15H2,1-3H3,(H,24,29). The molecule has 0 aliphatic heterocycles. The van der Waals surface area contributed by atoms with Crippen LogP contribution in [0.5, 0.6) is 0 Å². The first kappa shape index (κ1) is 20.1. The van der Waals surface area contributed by atoms with Gasteiger partial charge in [-0.1, -0.05) is 60.7 Å². The van der Waals surface area contributed by atoms with Gasteiger partial charge in [-0.2, -0.15) is 10.1 Å². The highest BCUT2D eigenvalue weighted by Crippen LogP contribution is 2.31. The molecule has 6 nitrogen and oxygen atoms in total. The van der Waals surface area contributed by atoms with Gasteiger partial charge in [-0.05, 0) is 36.6 Å². The zero-order valence-corrected chi connectivity index (χ0v) is 18.2. The number of para-hydroxylation sites is 1. The summed E-state index contributed by atoms with van der Waals surface area (Å²) in [5.41, 5.74) is 5.13. The maximum atomic E-state index is 12.4. The molecule has 1 N–H and O–H groups in total. The van der Waals surface area contributed by atoms with Crippen LogP contribution in [0, 0.1) is 6.92 Å². The minimum atomic E-state index is -0.0299. The van der Waals surface area contributed by atoms with Crippen molar-refractivity contribution in [3.63, 3.8) is 0 Å². The number of rotatable bonds is 7. The van der Waals surface area contributed by atoms with E-state index < -0.39 is 0 Å². The summed E-state index contributed by atoms with van der Waals surface area (Å²) in [6.07, 6.45) is 1.01. The second kappa shape index (κ2) is 8.67. The van der Waals surface area contributed by atoms with Crippen LogP contribution >= 0.6 is 11.3 Å². The van der Waals surface area contributed by atoms with Crippen LogP contribution in [0.2, 0.25) is 0 Å². The van der Waals surface area contributed by atoms with Crippen molar-refractivity contribution in [1.29, 1.82) is 0 Å². The lowest BCUT2D eigenvalue weighted by atomic mass is 10.1. The number of anilines is 1. The smallest absolute Gasteiger partial charge is 0.239 e. The van der Waals surface area contributed by atoms with Crippen molar-refractivity contribution >= 4 is 32.7 Å². The fourth-order valence-electron chi connectivity index (χ4n) is 3.27. The minimum Gasteiger partial charge on any atom is -0.350 e. The van der Waals surface area contributed by atoms with Gasteiger partial charge in [0.2, 0.25) is 5.91 Å². The first-order chi connectivity index (χ1) is 14.5. The number of carbonyl (C=O) groups excluding carboxylic acids is 1. The van der Waals surface area contributed by atoms with Gasteiger partial charge < -0.3 is 10.2 Å².